The van der Waals surface area contributed by atoms with E-state index in [0.717, 1.165) is 18.6 Å². The number of hydrogen-bond acceptors (Lipinski definition) is 6. The molecular weight excluding hydrogens is 452 g/mol. The smallest absolute Gasteiger partial charge is 0.302 e. The third kappa shape index (κ3) is 10.1. The van der Waals surface area contributed by atoms with Gasteiger partial charge in [0.2, 0.25) is 10.0 Å². The van der Waals surface area contributed by atoms with Gasteiger partial charge in [0.1, 0.15) is 13.2 Å². The molecule has 0 aromatic heterocycles. The van der Waals surface area contributed by atoms with Crippen LogP contribution in [-0.4, -0.2) is 39.9 Å². The van der Waals surface area contributed by atoms with Crippen LogP contribution in [0.25, 0.3) is 0 Å². The molecule has 0 radical (unpaired) electrons. The number of nitrogens with zero attached hydrogens (tertiary/aromatic N) is 1. The topological polar surface area (TPSA) is 94.1 Å². The van der Waals surface area contributed by atoms with Gasteiger partial charge in [-0.25, -0.2) is 13.1 Å². The third-order valence-corrected chi connectivity index (χ3v) is 6.80. The number of esters is 1. The van der Waals surface area contributed by atoms with Gasteiger partial charge < -0.3 is 9.57 Å². The maximum absolute atomic E-state index is 12.3. The Labute approximate surface area is 203 Å². The van der Waals surface area contributed by atoms with Crippen molar-refractivity contribution in [2.24, 2.45) is 10.6 Å². The zero-order valence-corrected chi connectivity index (χ0v) is 21.1. The Kier molecular flexibility index (Phi) is 11.2. The molecule has 2 rings (SSSR count). The maximum atomic E-state index is 12.3. The van der Waals surface area contributed by atoms with Crippen molar-refractivity contribution >= 4 is 21.7 Å². The fourth-order valence-electron chi connectivity index (χ4n) is 3.29. The summed E-state index contributed by atoms with van der Waals surface area (Å²) in [7, 11) is -3.51. The van der Waals surface area contributed by atoms with Crippen LogP contribution in [0.5, 0.6) is 0 Å². The molecule has 0 aliphatic heterocycles. The van der Waals surface area contributed by atoms with Crippen molar-refractivity contribution in [3.05, 3.63) is 66.2 Å². The standard InChI is InChI=1S/C26H36N2O5S/c1-22(29)32-21-26(2,3)25(28-33-20-12-15-23-13-6-4-7-14-23)18-10-11-19-27-34(30,31)24-16-8-5-9-17-24/h4-9,13-14,16-17,27H,10-12,15,18-21H2,1-3H3/b28-25-. The average molecular weight is 489 g/mol. The molecule has 34 heavy (non-hydrogen) atoms. The number of rotatable bonds is 15. The first-order valence-corrected chi connectivity index (χ1v) is 13.1. The van der Waals surface area contributed by atoms with E-state index in [2.05, 4.69) is 22.0 Å². The molecular formula is C26H36N2O5S. The minimum absolute atomic E-state index is 0.204. The van der Waals surface area contributed by atoms with E-state index in [-0.39, 0.29) is 17.5 Å². The molecule has 0 saturated heterocycles. The lowest BCUT2D eigenvalue weighted by atomic mass is 9.85. The lowest BCUT2D eigenvalue weighted by Crippen LogP contribution is -2.31. The van der Waals surface area contributed by atoms with Crippen LogP contribution in [0.1, 0.15) is 52.0 Å². The van der Waals surface area contributed by atoms with E-state index in [1.54, 1.807) is 30.3 Å². The second-order valence-electron chi connectivity index (χ2n) is 8.79. The largest absolute Gasteiger partial charge is 0.465 e. The molecule has 1 N–H and O–H groups in total. The van der Waals surface area contributed by atoms with Crippen molar-refractivity contribution in [1.82, 2.24) is 4.72 Å². The highest BCUT2D eigenvalue weighted by atomic mass is 32.2. The van der Waals surface area contributed by atoms with Crippen molar-refractivity contribution in [2.75, 3.05) is 19.8 Å². The van der Waals surface area contributed by atoms with Crippen LogP contribution in [0.15, 0.2) is 70.7 Å². The summed E-state index contributed by atoms with van der Waals surface area (Å²) in [5.74, 6) is -0.341. The second kappa shape index (κ2) is 13.9. The molecule has 8 heteroatoms. The monoisotopic (exact) mass is 488 g/mol. The van der Waals surface area contributed by atoms with Crippen molar-refractivity contribution in [2.45, 2.75) is 57.8 Å². The zero-order chi connectivity index (χ0) is 24.9. The average Bonchev–Trinajstić information content (AvgIpc) is 2.82. The number of unbranched alkanes of at least 4 members (excludes halogenated alkanes) is 1. The summed E-state index contributed by atoms with van der Waals surface area (Å²) in [5.41, 5.74) is 1.55. The maximum Gasteiger partial charge on any atom is 0.302 e. The number of carbonyl (C=O) groups is 1. The number of benzene rings is 2. The minimum atomic E-state index is -3.51. The summed E-state index contributed by atoms with van der Waals surface area (Å²) >= 11 is 0. The molecule has 0 fully saturated rings. The van der Waals surface area contributed by atoms with Gasteiger partial charge in [0, 0.05) is 18.9 Å². The van der Waals surface area contributed by atoms with Gasteiger partial charge >= 0.3 is 5.97 Å². The van der Waals surface area contributed by atoms with Gasteiger partial charge in [0.05, 0.1) is 10.6 Å². The number of ether oxygens (including phenoxy) is 1. The summed E-state index contributed by atoms with van der Waals surface area (Å²) < 4.78 is 32.5. The van der Waals surface area contributed by atoms with Crippen LogP contribution in [-0.2, 0) is 30.8 Å². The molecule has 0 heterocycles. The first-order chi connectivity index (χ1) is 16.2. The number of sulfonamides is 1. The molecule has 0 atom stereocenters. The lowest BCUT2D eigenvalue weighted by Gasteiger charge is -2.25. The summed E-state index contributed by atoms with van der Waals surface area (Å²) in [6, 6.07) is 18.5. The fourth-order valence-corrected chi connectivity index (χ4v) is 4.38. The summed E-state index contributed by atoms with van der Waals surface area (Å²) in [5, 5.41) is 4.39. The molecule has 0 spiro atoms. The second-order valence-corrected chi connectivity index (χ2v) is 10.6. The Hall–Kier alpha value is -2.71. The number of oxime groups is 1. The van der Waals surface area contributed by atoms with Crippen LogP contribution >= 0.6 is 0 Å². The normalized spacial score (nSPS) is 12.4. The van der Waals surface area contributed by atoms with Crippen molar-refractivity contribution in [1.29, 1.82) is 0 Å². The Morgan fingerprint density at radius 2 is 1.62 bits per heavy atom. The van der Waals surface area contributed by atoms with Crippen LogP contribution in [0.2, 0.25) is 0 Å². The van der Waals surface area contributed by atoms with Crippen molar-refractivity contribution in [3.63, 3.8) is 0 Å². The van der Waals surface area contributed by atoms with Crippen molar-refractivity contribution in [3.8, 4) is 0 Å². The Bertz CT molecular complexity index is 1010. The molecule has 0 amide bonds. The molecule has 0 saturated carbocycles. The van der Waals surface area contributed by atoms with Crippen LogP contribution in [0, 0.1) is 5.41 Å². The summed E-state index contributed by atoms with van der Waals surface area (Å²) in [6.07, 6.45) is 3.71. The summed E-state index contributed by atoms with van der Waals surface area (Å²) in [6.45, 7) is 6.31. The van der Waals surface area contributed by atoms with E-state index >= 15 is 0 Å². The quantitative estimate of drug-likeness (QED) is 0.169. The van der Waals surface area contributed by atoms with Crippen molar-refractivity contribution < 1.29 is 22.8 Å². The highest BCUT2D eigenvalue weighted by Crippen LogP contribution is 2.23. The van der Waals surface area contributed by atoms with Crippen LogP contribution < -0.4 is 4.72 Å². The van der Waals surface area contributed by atoms with E-state index < -0.39 is 15.4 Å². The Balaban J connectivity index is 1.85. The lowest BCUT2D eigenvalue weighted by molar-refractivity contribution is -0.142. The van der Waals surface area contributed by atoms with E-state index in [1.807, 2.05) is 32.0 Å². The van der Waals surface area contributed by atoms with Gasteiger partial charge in [-0.05, 0) is 49.8 Å². The number of aryl methyl sites for hydroxylation is 1. The number of hydrogen-bond donors (Lipinski definition) is 1. The van der Waals surface area contributed by atoms with E-state index in [0.29, 0.717) is 32.4 Å². The van der Waals surface area contributed by atoms with Gasteiger partial charge in [-0.1, -0.05) is 67.5 Å². The van der Waals surface area contributed by atoms with Gasteiger partial charge in [-0.3, -0.25) is 4.79 Å². The first-order valence-electron chi connectivity index (χ1n) is 11.6. The minimum Gasteiger partial charge on any atom is -0.465 e. The molecule has 0 aliphatic carbocycles. The molecule has 0 unspecified atom stereocenters. The molecule has 0 aliphatic rings. The van der Waals surface area contributed by atoms with E-state index in [4.69, 9.17) is 9.57 Å². The Morgan fingerprint density at radius 3 is 2.26 bits per heavy atom. The predicted octanol–water partition coefficient (Wildman–Crippen LogP) is 4.73. The Morgan fingerprint density at radius 1 is 0.971 bits per heavy atom. The van der Waals surface area contributed by atoms with Gasteiger partial charge in [0.15, 0.2) is 0 Å². The molecule has 2 aromatic rings. The number of carbonyl (C=O) groups excluding carboxylic acids is 1. The third-order valence-electron chi connectivity index (χ3n) is 5.32. The SMILES string of the molecule is CC(=O)OCC(C)(C)/C(CCCCNS(=O)(=O)c1ccccc1)=N\OCCCc1ccccc1. The first kappa shape index (κ1) is 27.5. The van der Waals surface area contributed by atoms with Gasteiger partial charge in [-0.2, -0.15) is 0 Å². The van der Waals surface area contributed by atoms with Gasteiger partial charge in [0.25, 0.3) is 0 Å². The molecule has 2 aromatic carbocycles. The highest BCUT2D eigenvalue weighted by molar-refractivity contribution is 7.89. The van der Waals surface area contributed by atoms with Gasteiger partial charge in [-0.15, -0.1) is 0 Å². The summed E-state index contributed by atoms with van der Waals surface area (Å²) in [4.78, 5) is 17.2. The predicted molar refractivity (Wildman–Crippen MR) is 134 cm³/mol. The number of nitrogens with one attached hydrogen (secondary N) is 1. The van der Waals surface area contributed by atoms with E-state index in [9.17, 15) is 13.2 Å². The molecule has 0 bridgehead atoms. The molecule has 186 valence electrons. The van der Waals surface area contributed by atoms with E-state index in [1.165, 1.54) is 12.5 Å². The highest BCUT2D eigenvalue weighted by Gasteiger charge is 2.27. The van der Waals surface area contributed by atoms with Crippen LogP contribution in [0.4, 0.5) is 0 Å². The zero-order valence-electron chi connectivity index (χ0n) is 20.3. The fraction of sp³-hybridized carbons (Fsp3) is 0.462. The van der Waals surface area contributed by atoms with Crippen LogP contribution in [0.3, 0.4) is 0 Å². The molecule has 7 nitrogen and oxygen atoms in total.